The smallest absolute Gasteiger partial charge is 0.390 e. The fraction of sp³-hybridized carbons (Fsp3) is 0.909. The first-order valence-electron chi connectivity index (χ1n) is 5.81. The van der Waals surface area contributed by atoms with Crippen molar-refractivity contribution in [3.8, 4) is 0 Å². The minimum Gasteiger partial charge on any atom is -0.468 e. The van der Waals surface area contributed by atoms with Gasteiger partial charge in [0.15, 0.2) is 0 Å². The zero-order valence-corrected chi connectivity index (χ0v) is 10.6. The van der Waals surface area contributed by atoms with Gasteiger partial charge in [0.25, 0.3) is 0 Å². The summed E-state index contributed by atoms with van der Waals surface area (Å²) in [6.45, 7) is -0.0907. The number of methoxy groups -OCH3 is 1. The van der Waals surface area contributed by atoms with E-state index in [1.807, 2.05) is 0 Å². The number of nitrogens with two attached hydrogens (primary N) is 1. The highest BCUT2D eigenvalue weighted by Gasteiger charge is 2.49. The Hall–Kier alpha value is -0.820. The molecule has 0 aromatic carbocycles. The molecule has 0 radical (unpaired) electrons. The van der Waals surface area contributed by atoms with Gasteiger partial charge in [-0.15, -0.1) is 0 Å². The first kappa shape index (κ1) is 15.2. The Labute approximate surface area is 104 Å². The maximum Gasteiger partial charge on any atom is 0.390 e. The van der Waals surface area contributed by atoms with Crippen LogP contribution in [0, 0.1) is 5.92 Å². The highest BCUT2D eigenvalue weighted by Crippen LogP contribution is 2.39. The van der Waals surface area contributed by atoms with Crippen LogP contribution in [0.15, 0.2) is 0 Å². The van der Waals surface area contributed by atoms with Gasteiger partial charge in [-0.05, 0) is 25.8 Å². The summed E-state index contributed by atoms with van der Waals surface area (Å²) in [5.41, 5.74) is 4.81. The molecule has 1 unspecified atom stereocenters. The Bertz CT molecular complexity index is 305. The summed E-state index contributed by atoms with van der Waals surface area (Å²) < 4.78 is 40.9. The van der Waals surface area contributed by atoms with Gasteiger partial charge in [0, 0.05) is 13.1 Å². The van der Waals surface area contributed by atoms with E-state index >= 15 is 0 Å². The predicted molar refractivity (Wildman–Crippen MR) is 59.8 cm³/mol. The Balaban J connectivity index is 2.53. The van der Waals surface area contributed by atoms with Gasteiger partial charge in [-0.1, -0.05) is 0 Å². The average Bonchev–Trinajstić information content (AvgIpc) is 3.08. The van der Waals surface area contributed by atoms with Crippen molar-refractivity contribution in [1.82, 2.24) is 4.90 Å². The van der Waals surface area contributed by atoms with Gasteiger partial charge < -0.3 is 15.4 Å². The molecule has 7 heteroatoms. The summed E-state index contributed by atoms with van der Waals surface area (Å²) in [5, 5.41) is 0. The van der Waals surface area contributed by atoms with E-state index in [9.17, 15) is 18.0 Å². The van der Waals surface area contributed by atoms with Crippen molar-refractivity contribution in [2.24, 2.45) is 11.7 Å². The topological polar surface area (TPSA) is 55.6 Å². The van der Waals surface area contributed by atoms with Crippen molar-refractivity contribution in [2.75, 3.05) is 27.2 Å². The minimum absolute atomic E-state index is 0.0123. The summed E-state index contributed by atoms with van der Waals surface area (Å²) in [6.07, 6.45) is -3.47. The lowest BCUT2D eigenvalue weighted by molar-refractivity contribution is -0.149. The van der Waals surface area contributed by atoms with Crippen LogP contribution in [-0.2, 0) is 9.53 Å². The van der Waals surface area contributed by atoms with Crippen LogP contribution in [0.25, 0.3) is 0 Å². The number of ether oxygens (including phenoxy) is 1. The summed E-state index contributed by atoms with van der Waals surface area (Å²) >= 11 is 0. The Kier molecular flexibility index (Phi) is 4.61. The lowest BCUT2D eigenvalue weighted by Crippen LogP contribution is -2.58. The fourth-order valence-electron chi connectivity index (χ4n) is 1.99. The molecule has 0 spiro atoms. The molecule has 0 aromatic rings. The largest absolute Gasteiger partial charge is 0.468 e. The molecule has 1 aliphatic rings. The van der Waals surface area contributed by atoms with E-state index in [1.54, 1.807) is 0 Å². The number of carbonyl (C=O) groups excluding carboxylic acids is 1. The average molecular weight is 268 g/mol. The number of hydrogen-bond acceptors (Lipinski definition) is 4. The van der Waals surface area contributed by atoms with Crippen LogP contribution in [0.5, 0.6) is 0 Å². The molecule has 1 atom stereocenters. The van der Waals surface area contributed by atoms with Crippen molar-refractivity contribution in [3.63, 3.8) is 0 Å². The van der Waals surface area contributed by atoms with Crippen LogP contribution in [0.3, 0.4) is 0 Å². The highest BCUT2D eigenvalue weighted by atomic mass is 19.4. The van der Waals surface area contributed by atoms with E-state index in [2.05, 4.69) is 4.74 Å². The van der Waals surface area contributed by atoms with Crippen molar-refractivity contribution < 1.29 is 22.7 Å². The number of hydrogen-bond donors (Lipinski definition) is 1. The van der Waals surface area contributed by atoms with Crippen LogP contribution in [0.1, 0.15) is 19.3 Å². The second-order valence-electron chi connectivity index (χ2n) is 4.91. The van der Waals surface area contributed by atoms with E-state index in [0.29, 0.717) is 0 Å². The Morgan fingerprint density at radius 3 is 2.39 bits per heavy atom. The predicted octanol–water partition coefficient (Wildman–Crippen LogP) is 1.15. The SMILES string of the molecule is COC(=O)C(N)(CN(C)CCC(F)(F)F)C1CC1. The minimum atomic E-state index is -4.20. The third-order valence-electron chi connectivity index (χ3n) is 3.18. The van der Waals surface area contributed by atoms with E-state index in [4.69, 9.17) is 5.73 Å². The first-order chi connectivity index (χ1) is 8.19. The van der Waals surface area contributed by atoms with E-state index in [0.717, 1.165) is 12.8 Å². The molecule has 0 amide bonds. The van der Waals surface area contributed by atoms with Crippen LogP contribution in [0.4, 0.5) is 13.2 Å². The maximum atomic E-state index is 12.1. The van der Waals surface area contributed by atoms with Gasteiger partial charge in [0.05, 0.1) is 13.5 Å². The van der Waals surface area contributed by atoms with Crippen molar-refractivity contribution in [2.45, 2.75) is 31.0 Å². The lowest BCUT2D eigenvalue weighted by atomic mass is 9.94. The van der Waals surface area contributed by atoms with E-state index < -0.39 is 24.1 Å². The summed E-state index contributed by atoms with van der Waals surface area (Å²) in [7, 11) is 2.76. The second-order valence-corrected chi connectivity index (χ2v) is 4.91. The lowest BCUT2D eigenvalue weighted by Gasteiger charge is -2.31. The number of likely N-dealkylation sites (N-methyl/N-ethyl adjacent to an activating group) is 1. The van der Waals surface area contributed by atoms with Gasteiger partial charge >= 0.3 is 12.1 Å². The van der Waals surface area contributed by atoms with Crippen molar-refractivity contribution in [3.05, 3.63) is 0 Å². The molecule has 0 aromatic heterocycles. The third kappa shape index (κ3) is 4.13. The fourth-order valence-corrected chi connectivity index (χ4v) is 1.99. The van der Waals surface area contributed by atoms with Crippen LogP contribution in [0.2, 0.25) is 0 Å². The van der Waals surface area contributed by atoms with Crippen LogP contribution in [-0.4, -0.2) is 49.8 Å². The number of nitrogens with zero attached hydrogens (tertiary/aromatic N) is 1. The second kappa shape index (κ2) is 5.44. The number of carbonyl (C=O) groups is 1. The molecule has 0 aliphatic heterocycles. The van der Waals surface area contributed by atoms with Gasteiger partial charge in [0.1, 0.15) is 5.54 Å². The molecule has 1 saturated carbocycles. The zero-order chi connectivity index (χ0) is 14.0. The van der Waals surface area contributed by atoms with Crippen LogP contribution < -0.4 is 5.73 Å². The molecule has 1 fully saturated rings. The normalized spacial score (nSPS) is 19.7. The van der Waals surface area contributed by atoms with Crippen molar-refractivity contribution >= 4 is 5.97 Å². The van der Waals surface area contributed by atoms with Gasteiger partial charge in [0.2, 0.25) is 0 Å². The Morgan fingerprint density at radius 2 is 2.00 bits per heavy atom. The number of alkyl halides is 3. The molecule has 0 saturated heterocycles. The molecule has 0 bridgehead atoms. The molecule has 106 valence electrons. The third-order valence-corrected chi connectivity index (χ3v) is 3.18. The van der Waals surface area contributed by atoms with Gasteiger partial charge in [-0.2, -0.15) is 13.2 Å². The quantitative estimate of drug-likeness (QED) is 0.734. The molecule has 2 N–H and O–H groups in total. The van der Waals surface area contributed by atoms with E-state index in [1.165, 1.54) is 19.1 Å². The summed E-state index contributed by atoms with van der Waals surface area (Å²) in [4.78, 5) is 13.1. The standard InChI is InChI=1S/C11H19F3N2O2/c1-16(6-5-11(12,13)14)7-10(15,8-3-4-8)9(17)18-2/h8H,3-7,15H2,1-2H3. The van der Waals surface area contributed by atoms with Crippen LogP contribution >= 0.6 is 0 Å². The summed E-state index contributed by atoms with van der Waals surface area (Å²) in [6, 6.07) is 0. The molecule has 18 heavy (non-hydrogen) atoms. The molecule has 4 nitrogen and oxygen atoms in total. The molecule has 1 aliphatic carbocycles. The number of halogens is 3. The molecule has 1 rings (SSSR count). The monoisotopic (exact) mass is 268 g/mol. The zero-order valence-electron chi connectivity index (χ0n) is 10.6. The summed E-state index contributed by atoms with van der Waals surface area (Å²) in [5.74, 6) is -0.540. The van der Waals surface area contributed by atoms with Gasteiger partial charge in [-0.25, -0.2) is 0 Å². The highest BCUT2D eigenvalue weighted by molar-refractivity contribution is 5.81. The molecular weight excluding hydrogens is 249 g/mol. The van der Waals surface area contributed by atoms with E-state index in [-0.39, 0.29) is 19.0 Å². The maximum absolute atomic E-state index is 12.1. The number of esters is 1. The van der Waals surface area contributed by atoms with Gasteiger partial charge in [-0.3, -0.25) is 4.79 Å². The Morgan fingerprint density at radius 1 is 1.44 bits per heavy atom. The number of rotatable bonds is 6. The molecular formula is C11H19F3N2O2. The first-order valence-corrected chi connectivity index (χ1v) is 5.81. The molecule has 0 heterocycles. The van der Waals surface area contributed by atoms with Crippen molar-refractivity contribution in [1.29, 1.82) is 0 Å².